The zero-order valence-electron chi connectivity index (χ0n) is 14.0. The molecule has 0 aliphatic rings. The highest BCUT2D eigenvalue weighted by Gasteiger charge is 2.07. The van der Waals surface area contributed by atoms with Gasteiger partial charge >= 0.3 is 0 Å². The molecule has 5 heteroatoms. The van der Waals surface area contributed by atoms with Crippen LogP contribution in [0.25, 0.3) is 0 Å². The predicted octanol–water partition coefficient (Wildman–Crippen LogP) is 3.29. The summed E-state index contributed by atoms with van der Waals surface area (Å²) in [5.74, 6) is 0.486. The molecule has 1 amide bonds. The van der Waals surface area contributed by atoms with Crippen molar-refractivity contribution in [3.8, 4) is 5.75 Å². The van der Waals surface area contributed by atoms with Gasteiger partial charge in [0.25, 0.3) is 5.91 Å². The number of ether oxygens (including phenoxy) is 1. The lowest BCUT2D eigenvalue weighted by molar-refractivity contribution is 0.0950. The average Bonchev–Trinajstić information content (AvgIpc) is 2.65. The summed E-state index contributed by atoms with van der Waals surface area (Å²) in [5.41, 5.74) is 3.29. The third kappa shape index (κ3) is 4.88. The Balaban J connectivity index is 1.59. The summed E-state index contributed by atoms with van der Waals surface area (Å²) < 4.78 is 5.73. The standard InChI is InChI=1S/C20H19N3O2/c1-15-5-2-8-18(23-15)13-22-20(24)17-7-3-9-19(11-17)25-14-16-6-4-10-21-12-16/h2-12H,13-14H2,1H3,(H,22,24). The Hall–Kier alpha value is -3.21. The van der Waals surface area contributed by atoms with Crippen LogP contribution in [0.15, 0.2) is 67.0 Å². The Morgan fingerprint density at radius 3 is 2.80 bits per heavy atom. The SMILES string of the molecule is Cc1cccc(CNC(=O)c2cccc(OCc3cccnc3)c2)n1. The highest BCUT2D eigenvalue weighted by Crippen LogP contribution is 2.15. The van der Waals surface area contributed by atoms with Crippen molar-refractivity contribution in [2.24, 2.45) is 0 Å². The van der Waals surface area contributed by atoms with E-state index < -0.39 is 0 Å². The fraction of sp³-hybridized carbons (Fsp3) is 0.150. The van der Waals surface area contributed by atoms with E-state index in [1.165, 1.54) is 0 Å². The zero-order valence-corrected chi connectivity index (χ0v) is 14.0. The molecule has 0 bridgehead atoms. The van der Waals surface area contributed by atoms with Crippen molar-refractivity contribution in [2.75, 3.05) is 0 Å². The van der Waals surface area contributed by atoms with Crippen LogP contribution in [0.2, 0.25) is 0 Å². The molecule has 0 fully saturated rings. The van der Waals surface area contributed by atoms with Gasteiger partial charge in [-0.25, -0.2) is 0 Å². The number of carbonyl (C=O) groups is 1. The molecular weight excluding hydrogens is 314 g/mol. The van der Waals surface area contributed by atoms with Gasteiger partial charge in [0, 0.05) is 29.2 Å². The monoisotopic (exact) mass is 333 g/mol. The van der Waals surface area contributed by atoms with Gasteiger partial charge in [-0.3, -0.25) is 14.8 Å². The summed E-state index contributed by atoms with van der Waals surface area (Å²) in [7, 11) is 0. The van der Waals surface area contributed by atoms with E-state index in [1.807, 2.05) is 43.3 Å². The van der Waals surface area contributed by atoms with Crippen LogP contribution in [0, 0.1) is 6.92 Å². The van der Waals surface area contributed by atoms with Gasteiger partial charge in [-0.05, 0) is 43.3 Å². The molecule has 0 atom stereocenters. The molecular formula is C20H19N3O2. The van der Waals surface area contributed by atoms with Gasteiger partial charge in [0.15, 0.2) is 0 Å². The first-order chi connectivity index (χ1) is 12.2. The lowest BCUT2D eigenvalue weighted by Gasteiger charge is -2.09. The molecule has 3 aromatic rings. The van der Waals surface area contributed by atoms with E-state index in [1.54, 1.807) is 30.6 Å². The molecule has 1 aromatic carbocycles. The number of hydrogen-bond acceptors (Lipinski definition) is 4. The summed E-state index contributed by atoms with van der Waals surface area (Å²) in [6.07, 6.45) is 3.48. The van der Waals surface area contributed by atoms with Crippen LogP contribution in [0.3, 0.4) is 0 Å². The molecule has 1 N–H and O–H groups in total. The zero-order chi connectivity index (χ0) is 17.5. The molecule has 5 nitrogen and oxygen atoms in total. The first-order valence-corrected chi connectivity index (χ1v) is 8.03. The second-order valence-electron chi connectivity index (χ2n) is 5.63. The number of benzene rings is 1. The number of nitrogens with one attached hydrogen (secondary N) is 1. The lowest BCUT2D eigenvalue weighted by Crippen LogP contribution is -2.23. The highest BCUT2D eigenvalue weighted by molar-refractivity contribution is 5.94. The number of aryl methyl sites for hydroxylation is 1. The van der Waals surface area contributed by atoms with Crippen molar-refractivity contribution in [1.82, 2.24) is 15.3 Å². The van der Waals surface area contributed by atoms with Crippen molar-refractivity contribution in [1.29, 1.82) is 0 Å². The first-order valence-electron chi connectivity index (χ1n) is 8.03. The van der Waals surface area contributed by atoms with Gasteiger partial charge in [0.1, 0.15) is 12.4 Å². The molecule has 2 heterocycles. The quantitative estimate of drug-likeness (QED) is 0.752. The first kappa shape index (κ1) is 16.6. The molecule has 0 aliphatic carbocycles. The molecule has 0 radical (unpaired) electrons. The van der Waals surface area contributed by atoms with E-state index in [0.29, 0.717) is 24.5 Å². The third-order valence-corrected chi connectivity index (χ3v) is 3.60. The maximum absolute atomic E-state index is 12.3. The summed E-state index contributed by atoms with van der Waals surface area (Å²) in [6, 6.07) is 16.7. The van der Waals surface area contributed by atoms with Gasteiger partial charge in [0.2, 0.25) is 0 Å². The topological polar surface area (TPSA) is 64.1 Å². The number of nitrogens with zero attached hydrogens (tertiary/aromatic N) is 2. The van der Waals surface area contributed by atoms with Gasteiger partial charge in [0.05, 0.1) is 12.2 Å². The summed E-state index contributed by atoms with van der Waals surface area (Å²) in [6.45, 7) is 2.72. The van der Waals surface area contributed by atoms with Crippen molar-refractivity contribution in [2.45, 2.75) is 20.1 Å². The summed E-state index contributed by atoms with van der Waals surface area (Å²) >= 11 is 0. The molecule has 0 spiro atoms. The number of carbonyl (C=O) groups excluding carboxylic acids is 1. The average molecular weight is 333 g/mol. The van der Waals surface area contributed by atoms with E-state index in [4.69, 9.17) is 4.74 Å². The largest absolute Gasteiger partial charge is 0.489 e. The Morgan fingerprint density at radius 2 is 2.00 bits per heavy atom. The Morgan fingerprint density at radius 1 is 1.12 bits per heavy atom. The van der Waals surface area contributed by atoms with Crippen molar-refractivity contribution >= 4 is 5.91 Å². The van der Waals surface area contributed by atoms with Gasteiger partial charge in [-0.15, -0.1) is 0 Å². The Labute approximate surface area is 146 Å². The Kier molecular flexibility index (Phi) is 5.36. The van der Waals surface area contributed by atoms with Crippen molar-refractivity contribution in [3.05, 3.63) is 89.5 Å². The van der Waals surface area contributed by atoms with Crippen LogP contribution >= 0.6 is 0 Å². The van der Waals surface area contributed by atoms with Gasteiger partial charge in [-0.1, -0.05) is 18.2 Å². The maximum Gasteiger partial charge on any atom is 0.251 e. The fourth-order valence-electron chi connectivity index (χ4n) is 2.35. The number of rotatable bonds is 6. The van der Waals surface area contributed by atoms with Gasteiger partial charge < -0.3 is 10.1 Å². The van der Waals surface area contributed by atoms with Crippen LogP contribution in [0.1, 0.15) is 27.3 Å². The fourth-order valence-corrected chi connectivity index (χ4v) is 2.35. The summed E-state index contributed by atoms with van der Waals surface area (Å²) in [4.78, 5) is 20.8. The van der Waals surface area contributed by atoms with Crippen LogP contribution in [-0.4, -0.2) is 15.9 Å². The minimum atomic E-state index is -0.157. The van der Waals surface area contributed by atoms with E-state index in [9.17, 15) is 4.79 Å². The molecule has 126 valence electrons. The molecule has 25 heavy (non-hydrogen) atoms. The molecule has 0 unspecified atom stereocenters. The minimum absolute atomic E-state index is 0.157. The smallest absolute Gasteiger partial charge is 0.251 e. The second kappa shape index (κ2) is 8.06. The van der Waals surface area contributed by atoms with E-state index in [0.717, 1.165) is 17.0 Å². The van der Waals surface area contributed by atoms with Crippen LogP contribution in [0.4, 0.5) is 0 Å². The number of amides is 1. The van der Waals surface area contributed by atoms with Gasteiger partial charge in [-0.2, -0.15) is 0 Å². The van der Waals surface area contributed by atoms with Crippen LogP contribution < -0.4 is 10.1 Å². The molecule has 0 aliphatic heterocycles. The minimum Gasteiger partial charge on any atom is -0.489 e. The maximum atomic E-state index is 12.3. The van der Waals surface area contributed by atoms with E-state index in [-0.39, 0.29) is 5.91 Å². The highest BCUT2D eigenvalue weighted by atomic mass is 16.5. The van der Waals surface area contributed by atoms with Crippen LogP contribution in [0.5, 0.6) is 5.75 Å². The van der Waals surface area contributed by atoms with E-state index in [2.05, 4.69) is 15.3 Å². The molecule has 3 rings (SSSR count). The number of hydrogen-bond donors (Lipinski definition) is 1. The molecule has 0 saturated heterocycles. The third-order valence-electron chi connectivity index (χ3n) is 3.60. The lowest BCUT2D eigenvalue weighted by atomic mass is 10.2. The summed E-state index contributed by atoms with van der Waals surface area (Å²) in [5, 5.41) is 2.88. The Bertz CT molecular complexity index is 850. The number of aromatic nitrogens is 2. The van der Waals surface area contributed by atoms with Crippen molar-refractivity contribution in [3.63, 3.8) is 0 Å². The van der Waals surface area contributed by atoms with E-state index >= 15 is 0 Å². The van der Waals surface area contributed by atoms with Crippen molar-refractivity contribution < 1.29 is 9.53 Å². The molecule has 0 saturated carbocycles. The molecule has 2 aromatic heterocycles. The van der Waals surface area contributed by atoms with Crippen LogP contribution in [-0.2, 0) is 13.2 Å². The number of pyridine rings is 2. The normalized spacial score (nSPS) is 10.3. The second-order valence-corrected chi connectivity index (χ2v) is 5.63. The predicted molar refractivity (Wildman–Crippen MR) is 95.2 cm³/mol.